The van der Waals surface area contributed by atoms with E-state index in [0.717, 1.165) is 0 Å². The number of carboxylic acid groups (broad SMARTS) is 1. The average molecular weight is 603 g/mol. The van der Waals surface area contributed by atoms with E-state index in [1.54, 1.807) is 0 Å². The molecule has 0 aliphatic rings. The van der Waals surface area contributed by atoms with Crippen molar-refractivity contribution in [2.24, 2.45) is 0 Å². The highest BCUT2D eigenvalue weighted by Crippen LogP contribution is 2.63. The number of aromatic carboxylic acids is 1. The lowest BCUT2D eigenvalue weighted by Crippen LogP contribution is -2.72. The topological polar surface area (TPSA) is 46.5 Å². The first-order valence-corrected chi connectivity index (χ1v) is 8.60. The molecule has 0 aliphatic heterocycles. The molecule has 0 heterocycles. The summed E-state index contributed by atoms with van der Waals surface area (Å²) in [6.07, 6.45) is -7.83. The molecule has 37 heavy (non-hydrogen) atoms. The lowest BCUT2D eigenvalue weighted by molar-refractivity contribution is -0.451. The summed E-state index contributed by atoms with van der Waals surface area (Å²) in [5, 5.41) is 7.95. The molecule has 0 saturated carbocycles. The van der Waals surface area contributed by atoms with E-state index in [1.165, 1.54) is 0 Å². The summed E-state index contributed by atoms with van der Waals surface area (Å²) in [5.41, 5.74) is -0.980. The maximum absolute atomic E-state index is 13.7. The molecule has 0 bridgehead atoms. The lowest BCUT2D eigenvalue weighted by Gasteiger charge is -2.41. The van der Waals surface area contributed by atoms with Gasteiger partial charge < -0.3 is 9.84 Å². The lowest BCUT2D eigenvalue weighted by atomic mass is 9.91. The Morgan fingerprint density at radius 2 is 1.08 bits per heavy atom. The van der Waals surface area contributed by atoms with Crippen molar-refractivity contribution in [1.29, 1.82) is 0 Å². The van der Waals surface area contributed by atoms with Gasteiger partial charge >= 0.3 is 53.7 Å². The first kappa shape index (κ1) is 32.4. The SMILES string of the molecule is O=C(O)c1cc(Cl)cc(OC(F)=C(F)C(F)(F)C(F)(F)C(F)(F)C(F)(F)C(F)(F)C(F)(F)C(F)(F)F)c1. The van der Waals surface area contributed by atoms with Gasteiger partial charge in [-0.15, -0.1) is 0 Å². The van der Waals surface area contributed by atoms with Crippen molar-refractivity contribution < 1.29 is 89.3 Å². The van der Waals surface area contributed by atoms with E-state index < -0.39 is 75.9 Å². The summed E-state index contributed by atoms with van der Waals surface area (Å²) in [4.78, 5) is 10.8. The molecule has 1 N–H and O–H groups in total. The fourth-order valence-corrected chi connectivity index (χ4v) is 2.35. The molecule has 0 aromatic heterocycles. The van der Waals surface area contributed by atoms with Gasteiger partial charge in [-0.1, -0.05) is 11.6 Å². The molecule has 0 saturated heterocycles. The van der Waals surface area contributed by atoms with Crippen molar-refractivity contribution in [2.75, 3.05) is 0 Å². The fourth-order valence-electron chi connectivity index (χ4n) is 2.12. The van der Waals surface area contributed by atoms with Crippen molar-refractivity contribution in [3.8, 4) is 5.75 Å². The highest BCUT2D eigenvalue weighted by molar-refractivity contribution is 6.31. The number of hydrogen-bond donors (Lipinski definition) is 1. The molecule has 0 radical (unpaired) electrons. The third kappa shape index (κ3) is 4.95. The summed E-state index contributed by atoms with van der Waals surface area (Å²) in [6.45, 7) is 0. The zero-order valence-corrected chi connectivity index (χ0v) is 17.1. The first-order chi connectivity index (χ1) is 16.1. The molecular formula is C16H4ClF17O3. The zero-order valence-electron chi connectivity index (χ0n) is 16.3. The van der Waals surface area contributed by atoms with E-state index in [9.17, 15) is 79.4 Å². The Balaban J connectivity index is 3.63. The van der Waals surface area contributed by atoms with Crippen molar-refractivity contribution in [3.05, 3.63) is 40.6 Å². The van der Waals surface area contributed by atoms with Gasteiger partial charge in [-0.25, -0.2) is 4.79 Å². The van der Waals surface area contributed by atoms with Crippen LogP contribution in [0.3, 0.4) is 0 Å². The van der Waals surface area contributed by atoms with E-state index in [0.29, 0.717) is 6.07 Å². The molecule has 0 amide bonds. The van der Waals surface area contributed by atoms with Crippen LogP contribution in [0.5, 0.6) is 5.75 Å². The Morgan fingerprint density at radius 3 is 1.49 bits per heavy atom. The number of carboxylic acids is 1. The van der Waals surface area contributed by atoms with Gasteiger partial charge in [-0.2, -0.15) is 74.6 Å². The van der Waals surface area contributed by atoms with E-state index in [-0.39, 0.29) is 12.1 Å². The summed E-state index contributed by atoms with van der Waals surface area (Å²) in [7, 11) is 0. The molecule has 1 aromatic rings. The van der Waals surface area contributed by atoms with E-state index in [4.69, 9.17) is 16.7 Å². The Morgan fingerprint density at radius 1 is 0.676 bits per heavy atom. The van der Waals surface area contributed by atoms with Crippen LogP contribution in [0.25, 0.3) is 0 Å². The van der Waals surface area contributed by atoms with Gasteiger partial charge in [0.15, 0.2) is 0 Å². The van der Waals surface area contributed by atoms with Gasteiger partial charge in [0.1, 0.15) is 5.75 Å². The van der Waals surface area contributed by atoms with Gasteiger partial charge in [-0.05, 0) is 18.2 Å². The van der Waals surface area contributed by atoms with Gasteiger partial charge in [0.2, 0.25) is 5.83 Å². The van der Waals surface area contributed by atoms with Crippen LogP contribution < -0.4 is 4.74 Å². The van der Waals surface area contributed by atoms with Crippen LogP contribution in [0, 0.1) is 0 Å². The second kappa shape index (κ2) is 9.26. The summed E-state index contributed by atoms with van der Waals surface area (Å²) < 4.78 is 227. The van der Waals surface area contributed by atoms with Crippen LogP contribution in [0.15, 0.2) is 30.0 Å². The third-order valence-corrected chi connectivity index (χ3v) is 4.32. The van der Waals surface area contributed by atoms with Crippen LogP contribution >= 0.6 is 11.6 Å². The fraction of sp³-hybridized carbons (Fsp3) is 0.438. The van der Waals surface area contributed by atoms with Crippen LogP contribution in [-0.4, -0.2) is 52.8 Å². The van der Waals surface area contributed by atoms with Crippen molar-refractivity contribution in [2.45, 2.75) is 41.7 Å². The number of halogens is 18. The summed E-state index contributed by atoms with van der Waals surface area (Å²) >= 11 is 5.30. The Labute approximate surface area is 196 Å². The maximum Gasteiger partial charge on any atom is 0.460 e. The van der Waals surface area contributed by atoms with E-state index in [1.807, 2.05) is 0 Å². The Kier molecular flexibility index (Phi) is 8.10. The highest BCUT2D eigenvalue weighted by Gasteiger charge is 2.93. The van der Waals surface area contributed by atoms with Gasteiger partial charge in [0, 0.05) is 5.02 Å². The summed E-state index contributed by atoms with van der Waals surface area (Å²) in [5.74, 6) is -58.2. The van der Waals surface area contributed by atoms with Crippen molar-refractivity contribution >= 4 is 17.6 Å². The molecule has 0 unspecified atom stereocenters. The second-order valence-electron chi connectivity index (χ2n) is 6.61. The predicted octanol–water partition coefficient (Wildman–Crippen LogP) is 7.90. The Hall–Kier alpha value is -2.67. The largest absolute Gasteiger partial charge is 0.478 e. The minimum Gasteiger partial charge on any atom is -0.478 e. The van der Waals surface area contributed by atoms with Crippen LogP contribution in [-0.2, 0) is 0 Å². The maximum atomic E-state index is 13.7. The van der Waals surface area contributed by atoms with Gasteiger partial charge in [-0.3, -0.25) is 0 Å². The minimum atomic E-state index is -8.70. The average Bonchev–Trinajstić information content (AvgIpc) is 2.70. The number of allylic oxidation sites excluding steroid dienone is 1. The molecule has 212 valence electrons. The molecule has 1 rings (SSSR count). The molecule has 21 heteroatoms. The number of rotatable bonds is 9. The molecule has 0 spiro atoms. The smallest absolute Gasteiger partial charge is 0.460 e. The molecular weight excluding hydrogens is 599 g/mol. The first-order valence-electron chi connectivity index (χ1n) is 8.22. The van der Waals surface area contributed by atoms with Gasteiger partial charge in [0.05, 0.1) is 5.56 Å². The van der Waals surface area contributed by atoms with Gasteiger partial charge in [0.25, 0.3) is 0 Å². The molecule has 0 atom stereocenters. The molecule has 0 fully saturated rings. The normalized spacial score (nSPS) is 15.4. The van der Waals surface area contributed by atoms with Crippen LogP contribution in [0.4, 0.5) is 74.6 Å². The third-order valence-electron chi connectivity index (χ3n) is 4.10. The summed E-state index contributed by atoms with van der Waals surface area (Å²) in [6, 6.07) is -2.79. The minimum absolute atomic E-state index is 0.125. The Bertz CT molecular complexity index is 1080. The predicted molar refractivity (Wildman–Crippen MR) is 84.0 cm³/mol. The van der Waals surface area contributed by atoms with E-state index in [2.05, 4.69) is 4.74 Å². The molecule has 1 aromatic carbocycles. The van der Waals surface area contributed by atoms with E-state index >= 15 is 0 Å². The van der Waals surface area contributed by atoms with Crippen molar-refractivity contribution in [3.63, 3.8) is 0 Å². The number of hydrogen-bond acceptors (Lipinski definition) is 2. The number of carbonyl (C=O) groups is 1. The number of alkyl halides is 15. The number of ether oxygens (including phenoxy) is 1. The standard InChI is InChI=1S/C16H4ClF17O3/c17-5-1-4(9(35)36)2-6(3-5)37-8(19)7(18)10(20,21)11(22,23)12(24,25)13(26,27)14(28,29)15(30,31)16(32,33)34/h1-3H,(H,35,36). The van der Waals surface area contributed by atoms with Crippen molar-refractivity contribution in [1.82, 2.24) is 0 Å². The quantitative estimate of drug-likeness (QED) is 0.231. The van der Waals surface area contributed by atoms with Crippen LogP contribution in [0.2, 0.25) is 5.02 Å². The second-order valence-corrected chi connectivity index (χ2v) is 7.05. The molecule has 3 nitrogen and oxygen atoms in total. The highest BCUT2D eigenvalue weighted by atomic mass is 35.5. The number of benzene rings is 1. The monoisotopic (exact) mass is 602 g/mol. The zero-order chi connectivity index (χ0) is 29.8. The molecule has 0 aliphatic carbocycles. The van der Waals surface area contributed by atoms with Crippen LogP contribution in [0.1, 0.15) is 10.4 Å².